The number of benzene rings is 3. The molecule has 0 saturated heterocycles. The van der Waals surface area contributed by atoms with Crippen molar-refractivity contribution >= 4 is 47.1 Å². The molecule has 0 saturated carbocycles. The van der Waals surface area contributed by atoms with Gasteiger partial charge in [0.2, 0.25) is 5.16 Å². The Balaban J connectivity index is 1.40. The van der Waals surface area contributed by atoms with Crippen molar-refractivity contribution in [3.63, 3.8) is 0 Å². The molecule has 212 valence electrons. The van der Waals surface area contributed by atoms with Crippen molar-refractivity contribution in [3.8, 4) is 5.75 Å². The molecule has 0 aliphatic heterocycles. The molecule has 2 amide bonds. The topological polar surface area (TPSA) is 127 Å². The summed E-state index contributed by atoms with van der Waals surface area (Å²) >= 11 is 7.64. The summed E-state index contributed by atoms with van der Waals surface area (Å²) in [5.74, 6) is 0.396. The van der Waals surface area contributed by atoms with Crippen LogP contribution in [0.2, 0.25) is 5.02 Å². The van der Waals surface area contributed by atoms with Crippen LogP contribution >= 0.6 is 23.4 Å². The number of hydrogen-bond acceptors (Lipinski definition) is 9. The van der Waals surface area contributed by atoms with E-state index in [1.807, 2.05) is 26.2 Å². The quantitative estimate of drug-likeness (QED) is 0.142. The summed E-state index contributed by atoms with van der Waals surface area (Å²) in [7, 11) is 5.57. The second-order valence-electron chi connectivity index (χ2n) is 9.09. The van der Waals surface area contributed by atoms with Gasteiger partial charge >= 0.3 is 0 Å². The van der Waals surface area contributed by atoms with Crippen LogP contribution in [0.5, 0.6) is 5.75 Å². The molecule has 0 fully saturated rings. The molecule has 4 rings (SSSR count). The van der Waals surface area contributed by atoms with E-state index in [-0.39, 0.29) is 11.5 Å². The van der Waals surface area contributed by atoms with Crippen LogP contribution in [-0.2, 0) is 12.3 Å². The average Bonchev–Trinajstić information content (AvgIpc) is 3.43. The van der Waals surface area contributed by atoms with E-state index in [1.54, 1.807) is 60.3 Å². The lowest BCUT2D eigenvalue weighted by Crippen LogP contribution is -2.21. The number of thioether (sulfide) groups is 1. The first-order valence-corrected chi connectivity index (χ1v) is 13.9. The standard InChI is InChI=1S/C28H29ClN8O3S/c1-36(2)13-14-37-28(33-34-35-37)41-18-20-5-4-6-21(15-20)26(38)31-25-12-9-22(29)16-24(25)27(39)32-30-17-19-7-10-23(40-3)11-8-19/h4-12,15-17H,13-14,18H2,1-3H3,(H,31,38)(H,32,39). The van der Waals surface area contributed by atoms with Crippen LogP contribution in [-0.4, -0.2) is 70.9 Å². The SMILES string of the molecule is COc1ccc(C=NNC(=O)c2cc(Cl)ccc2NC(=O)c2cccc(CSc3nnnn3CCN(C)C)c2)cc1. The summed E-state index contributed by atoms with van der Waals surface area (Å²) in [6, 6.07) is 19.1. The number of nitrogens with one attached hydrogen (secondary N) is 2. The van der Waals surface area contributed by atoms with E-state index in [0.29, 0.717) is 39.5 Å². The fourth-order valence-corrected chi connectivity index (χ4v) is 4.63. The predicted octanol–water partition coefficient (Wildman–Crippen LogP) is 4.21. The van der Waals surface area contributed by atoms with Crippen molar-refractivity contribution in [2.24, 2.45) is 5.10 Å². The number of carbonyl (C=O) groups is 2. The molecule has 2 N–H and O–H groups in total. The van der Waals surface area contributed by atoms with Gasteiger partial charge in [-0.1, -0.05) is 35.5 Å². The summed E-state index contributed by atoms with van der Waals surface area (Å²) in [5, 5.41) is 19.8. The number of methoxy groups -OCH3 is 1. The van der Waals surface area contributed by atoms with Crippen LogP contribution in [0, 0.1) is 0 Å². The van der Waals surface area contributed by atoms with Crippen LogP contribution in [0.4, 0.5) is 5.69 Å². The maximum atomic E-state index is 13.1. The number of carbonyl (C=O) groups excluding carboxylic acids is 2. The number of amides is 2. The van der Waals surface area contributed by atoms with Gasteiger partial charge in [-0.05, 0) is 90.2 Å². The van der Waals surface area contributed by atoms with Gasteiger partial charge < -0.3 is 15.0 Å². The minimum Gasteiger partial charge on any atom is -0.497 e. The highest BCUT2D eigenvalue weighted by molar-refractivity contribution is 7.98. The third-order valence-electron chi connectivity index (χ3n) is 5.79. The molecule has 0 atom stereocenters. The number of anilines is 1. The van der Waals surface area contributed by atoms with E-state index >= 15 is 0 Å². The third-order valence-corrected chi connectivity index (χ3v) is 7.05. The van der Waals surface area contributed by atoms with Crippen molar-refractivity contribution in [1.29, 1.82) is 0 Å². The minimum absolute atomic E-state index is 0.175. The normalized spacial score (nSPS) is 11.1. The van der Waals surface area contributed by atoms with Gasteiger partial charge in [-0.15, -0.1) is 5.10 Å². The predicted molar refractivity (Wildman–Crippen MR) is 160 cm³/mol. The molecule has 11 nitrogen and oxygen atoms in total. The third kappa shape index (κ3) is 8.61. The lowest BCUT2D eigenvalue weighted by molar-refractivity contribution is 0.0956. The zero-order valence-electron chi connectivity index (χ0n) is 22.7. The lowest BCUT2D eigenvalue weighted by atomic mass is 10.1. The van der Waals surface area contributed by atoms with Gasteiger partial charge in [-0.3, -0.25) is 9.59 Å². The summed E-state index contributed by atoms with van der Waals surface area (Å²) in [6.07, 6.45) is 1.50. The number of likely N-dealkylation sites (N-methyl/N-ethyl adjacent to an activating group) is 1. The fourth-order valence-electron chi connectivity index (χ4n) is 3.61. The van der Waals surface area contributed by atoms with Gasteiger partial charge in [0.25, 0.3) is 11.8 Å². The molecule has 0 spiro atoms. The second-order valence-corrected chi connectivity index (χ2v) is 10.5. The number of ether oxygens (including phenoxy) is 1. The number of hydrogen-bond donors (Lipinski definition) is 2. The molecule has 1 aromatic heterocycles. The summed E-state index contributed by atoms with van der Waals surface area (Å²) in [6.45, 7) is 1.49. The van der Waals surface area contributed by atoms with Crippen molar-refractivity contribution in [1.82, 2.24) is 30.5 Å². The van der Waals surface area contributed by atoms with Crippen LogP contribution < -0.4 is 15.5 Å². The lowest BCUT2D eigenvalue weighted by Gasteiger charge is -2.12. The summed E-state index contributed by atoms with van der Waals surface area (Å²) < 4.78 is 6.90. The van der Waals surface area contributed by atoms with E-state index in [2.05, 4.69) is 36.3 Å². The monoisotopic (exact) mass is 592 g/mol. The van der Waals surface area contributed by atoms with Crippen LogP contribution in [0.15, 0.2) is 77.0 Å². The number of halogens is 1. The van der Waals surface area contributed by atoms with Gasteiger partial charge in [0, 0.05) is 22.9 Å². The van der Waals surface area contributed by atoms with Gasteiger partial charge in [0.15, 0.2) is 0 Å². The average molecular weight is 593 g/mol. The number of hydrazone groups is 1. The highest BCUT2D eigenvalue weighted by Crippen LogP contribution is 2.23. The maximum absolute atomic E-state index is 13.1. The first-order valence-electron chi connectivity index (χ1n) is 12.5. The van der Waals surface area contributed by atoms with Gasteiger partial charge in [0.1, 0.15) is 5.75 Å². The second kappa shape index (κ2) is 14.4. The molecular formula is C28H29ClN8O3S. The minimum atomic E-state index is -0.523. The van der Waals surface area contributed by atoms with Gasteiger partial charge in [0.05, 0.1) is 31.1 Å². The maximum Gasteiger partial charge on any atom is 0.273 e. The highest BCUT2D eigenvalue weighted by atomic mass is 35.5. The number of aromatic nitrogens is 4. The molecule has 0 aliphatic carbocycles. The van der Waals surface area contributed by atoms with Crippen LogP contribution in [0.3, 0.4) is 0 Å². The van der Waals surface area contributed by atoms with E-state index < -0.39 is 5.91 Å². The van der Waals surface area contributed by atoms with Gasteiger partial charge in [-0.2, -0.15) is 5.10 Å². The molecule has 4 aromatic rings. The molecule has 13 heteroatoms. The molecule has 3 aromatic carbocycles. The Kier molecular flexibility index (Phi) is 10.4. The fraction of sp³-hybridized carbons (Fsp3) is 0.214. The molecule has 0 unspecified atom stereocenters. The zero-order valence-corrected chi connectivity index (χ0v) is 24.3. The van der Waals surface area contributed by atoms with Crippen molar-refractivity contribution in [3.05, 3.63) is 94.0 Å². The molecule has 1 heterocycles. The Morgan fingerprint density at radius 3 is 2.66 bits per heavy atom. The number of tetrazole rings is 1. The van der Waals surface area contributed by atoms with Crippen molar-refractivity contribution < 1.29 is 14.3 Å². The largest absolute Gasteiger partial charge is 0.497 e. The van der Waals surface area contributed by atoms with Gasteiger partial charge in [-0.25, -0.2) is 10.1 Å². The molecule has 0 radical (unpaired) electrons. The number of nitrogens with zero attached hydrogens (tertiary/aromatic N) is 6. The van der Waals surface area contributed by atoms with Crippen LogP contribution in [0.25, 0.3) is 0 Å². The Labute approximate surface area is 246 Å². The molecule has 0 aliphatic rings. The number of rotatable bonds is 12. The Morgan fingerprint density at radius 1 is 1.10 bits per heavy atom. The summed E-state index contributed by atoms with van der Waals surface area (Å²) in [4.78, 5) is 28.1. The van der Waals surface area contributed by atoms with E-state index in [0.717, 1.165) is 17.7 Å². The zero-order chi connectivity index (χ0) is 29.2. The van der Waals surface area contributed by atoms with E-state index in [9.17, 15) is 9.59 Å². The molecule has 0 bridgehead atoms. The smallest absolute Gasteiger partial charge is 0.273 e. The van der Waals surface area contributed by atoms with E-state index in [1.165, 1.54) is 24.0 Å². The first-order chi connectivity index (χ1) is 19.8. The summed E-state index contributed by atoms with van der Waals surface area (Å²) in [5.41, 5.74) is 5.09. The molecule has 41 heavy (non-hydrogen) atoms. The van der Waals surface area contributed by atoms with Crippen LogP contribution in [0.1, 0.15) is 31.8 Å². The Morgan fingerprint density at radius 2 is 1.90 bits per heavy atom. The highest BCUT2D eigenvalue weighted by Gasteiger charge is 2.16. The van der Waals surface area contributed by atoms with Crippen molar-refractivity contribution in [2.75, 3.05) is 33.1 Å². The van der Waals surface area contributed by atoms with E-state index in [4.69, 9.17) is 16.3 Å². The molecular weight excluding hydrogens is 564 g/mol. The Hall–Kier alpha value is -4.26. The van der Waals surface area contributed by atoms with Crippen molar-refractivity contribution in [2.45, 2.75) is 17.5 Å². The Bertz CT molecular complexity index is 1530. The first kappa shape index (κ1) is 29.7.